The Hall–Kier alpha value is -2.58. The second kappa shape index (κ2) is 11.0. The van der Waals surface area contributed by atoms with Crippen molar-refractivity contribution in [1.82, 2.24) is 5.43 Å². The Balaban J connectivity index is 1.51. The van der Waals surface area contributed by atoms with Gasteiger partial charge in [-0.1, -0.05) is 18.2 Å². The average molecular weight is 445 g/mol. The van der Waals surface area contributed by atoms with E-state index < -0.39 is 0 Å². The molecule has 1 fully saturated rings. The predicted octanol–water partition coefficient (Wildman–Crippen LogP) is 4.14. The van der Waals surface area contributed by atoms with Crippen LogP contribution in [0.2, 0.25) is 0 Å². The predicted molar refractivity (Wildman–Crippen MR) is 124 cm³/mol. The molecule has 0 spiro atoms. The normalized spacial score (nSPS) is 14.0. The summed E-state index contributed by atoms with van der Waals surface area (Å²) in [7, 11) is 1.48. The van der Waals surface area contributed by atoms with Gasteiger partial charge < -0.3 is 14.6 Å². The summed E-state index contributed by atoms with van der Waals surface area (Å²) in [5, 5.41) is 14.1. The topological polar surface area (TPSA) is 80.2 Å². The van der Waals surface area contributed by atoms with Crippen LogP contribution in [0.5, 0.6) is 17.2 Å². The minimum atomic E-state index is -0.366. The van der Waals surface area contributed by atoms with Crippen LogP contribution >= 0.6 is 23.5 Å². The molecule has 6 nitrogen and oxygen atoms in total. The van der Waals surface area contributed by atoms with Crippen LogP contribution in [-0.4, -0.2) is 42.5 Å². The highest BCUT2D eigenvalue weighted by atomic mass is 32.2. The molecular weight excluding hydrogens is 420 g/mol. The number of hydrazone groups is 1. The van der Waals surface area contributed by atoms with E-state index in [1.165, 1.54) is 30.4 Å². The van der Waals surface area contributed by atoms with E-state index in [-0.39, 0.29) is 18.3 Å². The van der Waals surface area contributed by atoms with Gasteiger partial charge in [-0.05, 0) is 41.8 Å². The first kappa shape index (κ1) is 22.1. The van der Waals surface area contributed by atoms with Gasteiger partial charge >= 0.3 is 0 Å². The summed E-state index contributed by atoms with van der Waals surface area (Å²) in [6.45, 7) is 3.54. The molecule has 1 heterocycles. The van der Waals surface area contributed by atoms with Crippen LogP contribution in [0.3, 0.4) is 0 Å². The number of phenols is 1. The minimum Gasteiger partial charge on any atom is -0.504 e. The zero-order chi connectivity index (χ0) is 21.3. The Morgan fingerprint density at radius 3 is 2.70 bits per heavy atom. The van der Waals surface area contributed by atoms with Crippen molar-refractivity contribution >= 4 is 35.6 Å². The lowest BCUT2D eigenvalue weighted by Gasteiger charge is -2.10. The van der Waals surface area contributed by atoms with E-state index in [0.717, 1.165) is 0 Å². The van der Waals surface area contributed by atoms with Gasteiger partial charge in [0.15, 0.2) is 18.1 Å². The van der Waals surface area contributed by atoms with Gasteiger partial charge in [0.1, 0.15) is 5.75 Å². The van der Waals surface area contributed by atoms with Crippen molar-refractivity contribution in [2.75, 3.05) is 25.2 Å². The molecule has 8 heteroatoms. The van der Waals surface area contributed by atoms with Crippen LogP contribution in [0, 0.1) is 0 Å². The molecular formula is C22H24N2O4S2. The summed E-state index contributed by atoms with van der Waals surface area (Å²) >= 11 is 3.90. The summed E-state index contributed by atoms with van der Waals surface area (Å²) in [6.07, 6.45) is 3.66. The Bertz CT molecular complexity index is 910. The number of benzene rings is 2. The number of phenolic OH excluding ortho intramolecular Hbond substituents is 1. The van der Waals surface area contributed by atoms with E-state index in [1.54, 1.807) is 18.2 Å². The minimum absolute atomic E-state index is 0.0723. The fraction of sp³-hybridized carbons (Fsp3) is 0.273. The van der Waals surface area contributed by atoms with Gasteiger partial charge in [-0.25, -0.2) is 5.43 Å². The van der Waals surface area contributed by atoms with Crippen LogP contribution in [0.4, 0.5) is 0 Å². The molecule has 2 aromatic carbocycles. The second-order valence-electron chi connectivity index (χ2n) is 6.45. The van der Waals surface area contributed by atoms with Crippen molar-refractivity contribution in [2.45, 2.75) is 11.0 Å². The third-order valence-electron chi connectivity index (χ3n) is 4.31. The Morgan fingerprint density at radius 2 is 2.03 bits per heavy atom. The number of carbonyl (C=O) groups excluding carboxylic acids is 1. The van der Waals surface area contributed by atoms with Crippen molar-refractivity contribution in [2.24, 2.45) is 5.10 Å². The highest BCUT2D eigenvalue weighted by Crippen LogP contribution is 2.45. The monoisotopic (exact) mass is 444 g/mol. The first-order valence-electron chi connectivity index (χ1n) is 9.39. The third kappa shape index (κ3) is 5.96. The highest BCUT2D eigenvalue weighted by Gasteiger charge is 2.18. The molecule has 2 aromatic rings. The van der Waals surface area contributed by atoms with Gasteiger partial charge in [-0.3, -0.25) is 4.79 Å². The van der Waals surface area contributed by atoms with Crippen molar-refractivity contribution in [3.05, 3.63) is 65.7 Å². The first-order valence-corrected chi connectivity index (χ1v) is 11.5. The number of methoxy groups -OCH3 is 1. The lowest BCUT2D eigenvalue weighted by molar-refractivity contribution is -0.123. The van der Waals surface area contributed by atoms with Crippen LogP contribution in [0.25, 0.3) is 0 Å². The number of thioether (sulfide) groups is 2. The van der Waals surface area contributed by atoms with E-state index in [9.17, 15) is 9.90 Å². The Labute approximate surface area is 184 Å². The molecule has 0 saturated carbocycles. The van der Waals surface area contributed by atoms with Crippen LogP contribution < -0.4 is 14.9 Å². The van der Waals surface area contributed by atoms with Crippen LogP contribution in [-0.2, 0) is 11.2 Å². The number of amides is 1. The number of ether oxygens (including phenoxy) is 2. The average Bonchev–Trinajstić information content (AvgIpc) is 3.30. The summed E-state index contributed by atoms with van der Waals surface area (Å²) in [4.78, 5) is 12.0. The number of carbonyl (C=O) groups is 1. The second-order valence-corrected chi connectivity index (χ2v) is 9.17. The summed E-state index contributed by atoms with van der Waals surface area (Å²) in [6, 6.07) is 11.2. The molecule has 3 rings (SSSR count). The molecule has 1 amide bonds. The smallest absolute Gasteiger partial charge is 0.277 e. The van der Waals surface area contributed by atoms with Crippen molar-refractivity contribution < 1.29 is 19.4 Å². The number of hydrogen-bond acceptors (Lipinski definition) is 7. The molecule has 0 radical (unpaired) electrons. The molecule has 30 heavy (non-hydrogen) atoms. The molecule has 0 aliphatic carbocycles. The van der Waals surface area contributed by atoms with Crippen molar-refractivity contribution in [3.8, 4) is 17.2 Å². The van der Waals surface area contributed by atoms with Gasteiger partial charge in [-0.15, -0.1) is 30.1 Å². The Morgan fingerprint density at radius 1 is 1.30 bits per heavy atom. The van der Waals surface area contributed by atoms with E-state index in [1.807, 2.05) is 47.8 Å². The van der Waals surface area contributed by atoms with E-state index in [0.29, 0.717) is 33.6 Å². The van der Waals surface area contributed by atoms with Gasteiger partial charge in [-0.2, -0.15) is 5.10 Å². The summed E-state index contributed by atoms with van der Waals surface area (Å²) in [5.41, 5.74) is 5.05. The fourth-order valence-electron chi connectivity index (χ4n) is 2.86. The highest BCUT2D eigenvalue weighted by molar-refractivity contribution is 8.19. The maximum absolute atomic E-state index is 12.0. The van der Waals surface area contributed by atoms with Crippen molar-refractivity contribution in [3.63, 3.8) is 0 Å². The molecule has 158 valence electrons. The number of allylic oxidation sites excluding steroid dienone is 1. The molecule has 0 bridgehead atoms. The van der Waals surface area contributed by atoms with Gasteiger partial charge in [0.25, 0.3) is 5.91 Å². The number of rotatable bonds is 9. The SMILES string of the molecule is C=CCc1cc(/C=N\NC(=O)COc2ccc(C3SCCS3)cc2)cc(OC)c1O. The van der Waals surface area contributed by atoms with Gasteiger partial charge in [0, 0.05) is 17.1 Å². The zero-order valence-corrected chi connectivity index (χ0v) is 18.3. The molecule has 0 aromatic heterocycles. The van der Waals surface area contributed by atoms with Crippen LogP contribution in [0.1, 0.15) is 21.3 Å². The first-order chi connectivity index (χ1) is 14.6. The fourth-order valence-corrected chi connectivity index (χ4v) is 5.72. The lowest BCUT2D eigenvalue weighted by atomic mass is 10.1. The largest absolute Gasteiger partial charge is 0.504 e. The zero-order valence-electron chi connectivity index (χ0n) is 16.7. The summed E-state index contributed by atoms with van der Waals surface area (Å²) < 4.78 is 11.2. The van der Waals surface area contributed by atoms with E-state index in [4.69, 9.17) is 9.47 Å². The number of nitrogens with zero attached hydrogens (tertiary/aromatic N) is 1. The van der Waals surface area contributed by atoms with E-state index >= 15 is 0 Å². The van der Waals surface area contributed by atoms with E-state index in [2.05, 4.69) is 17.1 Å². The quantitative estimate of drug-likeness (QED) is 0.344. The molecule has 1 saturated heterocycles. The van der Waals surface area contributed by atoms with Crippen LogP contribution in [0.15, 0.2) is 54.2 Å². The molecule has 0 atom stereocenters. The third-order valence-corrected chi connectivity index (χ3v) is 7.41. The standard InChI is InChI=1S/C22H24N2O4S2/c1-3-4-17-11-15(12-19(27-2)21(17)26)13-23-24-20(25)14-28-18-7-5-16(6-8-18)22-29-9-10-30-22/h3,5-8,11-13,22,26H,1,4,9-10,14H2,2H3,(H,24,25)/b23-13-. The van der Waals surface area contributed by atoms with Gasteiger partial charge in [0.05, 0.1) is 17.9 Å². The molecule has 2 N–H and O–H groups in total. The van der Waals surface area contributed by atoms with Gasteiger partial charge in [0.2, 0.25) is 0 Å². The molecule has 1 aliphatic rings. The number of hydrogen-bond donors (Lipinski definition) is 2. The maximum atomic E-state index is 12.0. The number of aromatic hydroxyl groups is 1. The lowest BCUT2D eigenvalue weighted by Crippen LogP contribution is -2.24. The Kier molecular flexibility index (Phi) is 8.10. The maximum Gasteiger partial charge on any atom is 0.277 e. The number of nitrogens with one attached hydrogen (secondary N) is 1. The summed E-state index contributed by atoms with van der Waals surface area (Å²) in [5.74, 6) is 3.05. The van der Waals surface area contributed by atoms with Crippen molar-refractivity contribution in [1.29, 1.82) is 0 Å². The molecule has 0 unspecified atom stereocenters. The molecule has 1 aliphatic heterocycles.